The van der Waals surface area contributed by atoms with Crippen molar-refractivity contribution in [2.75, 3.05) is 11.9 Å². The van der Waals surface area contributed by atoms with Crippen molar-refractivity contribution in [1.29, 1.82) is 0 Å². The zero-order valence-electron chi connectivity index (χ0n) is 12.7. The molecule has 0 N–H and O–H groups in total. The van der Waals surface area contributed by atoms with Gasteiger partial charge in [0.2, 0.25) is 0 Å². The maximum Gasteiger partial charge on any atom is 0.282 e. The lowest BCUT2D eigenvalue weighted by molar-refractivity contribution is 1.14. The van der Waals surface area contributed by atoms with E-state index in [2.05, 4.69) is 15.0 Å². The third kappa shape index (κ3) is 2.81. The molecule has 0 radical (unpaired) electrons. The summed E-state index contributed by atoms with van der Waals surface area (Å²) < 4.78 is 0. The maximum atomic E-state index is 12.2. The van der Waals surface area contributed by atoms with Crippen molar-refractivity contribution in [3.8, 4) is 0 Å². The predicted molar refractivity (Wildman–Crippen MR) is 101 cm³/mol. The van der Waals surface area contributed by atoms with Crippen LogP contribution in [0.15, 0.2) is 59.7 Å². The van der Waals surface area contributed by atoms with E-state index in [1.54, 1.807) is 24.5 Å². The zero-order valence-corrected chi connectivity index (χ0v) is 14.3. The van der Waals surface area contributed by atoms with Gasteiger partial charge in [-0.2, -0.15) is 4.98 Å². The van der Waals surface area contributed by atoms with E-state index < -0.39 is 0 Å². The second-order valence-electron chi connectivity index (χ2n) is 5.10. The van der Waals surface area contributed by atoms with E-state index in [1.165, 1.54) is 11.3 Å². The predicted octanol–water partition coefficient (Wildman–Crippen LogP) is 3.79. The molecule has 0 aliphatic heterocycles. The van der Waals surface area contributed by atoms with Gasteiger partial charge in [0.15, 0.2) is 5.13 Å². The number of fused-ring (bicyclic) bond motifs is 2. The molecule has 24 heavy (non-hydrogen) atoms. The molecular weight excluding hydrogens is 344 g/mol. The quantitative estimate of drug-likeness (QED) is 0.547. The third-order valence-corrected chi connectivity index (χ3v) is 4.71. The first kappa shape index (κ1) is 16.3. The molecular formula is C17H13ClN4OS. The Bertz CT molecular complexity index is 1080. The molecule has 0 fully saturated rings. The number of pyridine rings is 2. The number of benzene rings is 1. The van der Waals surface area contributed by atoms with Crippen LogP contribution in [0.25, 0.3) is 21.1 Å². The molecule has 120 valence electrons. The summed E-state index contributed by atoms with van der Waals surface area (Å²) in [5.41, 5.74) is 1.63. The van der Waals surface area contributed by atoms with Crippen LogP contribution in [0.1, 0.15) is 0 Å². The molecule has 4 rings (SSSR count). The van der Waals surface area contributed by atoms with Crippen molar-refractivity contribution in [1.82, 2.24) is 15.0 Å². The largest absolute Gasteiger partial charge is 0.321 e. The van der Waals surface area contributed by atoms with Gasteiger partial charge in [-0.05, 0) is 36.4 Å². The SMILES string of the molecule is CN(c1ccc2ncccc2c1)c1nc(=O)c2cccnc2s1.Cl. The molecule has 0 bridgehead atoms. The summed E-state index contributed by atoms with van der Waals surface area (Å²) in [5, 5.41) is 2.21. The summed E-state index contributed by atoms with van der Waals surface area (Å²) in [6.07, 6.45) is 3.46. The number of aromatic nitrogens is 3. The Hall–Kier alpha value is -2.57. The summed E-state index contributed by atoms with van der Waals surface area (Å²) in [6.45, 7) is 0. The Morgan fingerprint density at radius 2 is 1.83 bits per heavy atom. The maximum absolute atomic E-state index is 12.2. The molecule has 0 unspecified atom stereocenters. The average Bonchev–Trinajstić information content (AvgIpc) is 2.60. The van der Waals surface area contributed by atoms with Crippen molar-refractivity contribution in [2.45, 2.75) is 0 Å². The van der Waals surface area contributed by atoms with Gasteiger partial charge in [0, 0.05) is 30.5 Å². The summed E-state index contributed by atoms with van der Waals surface area (Å²) >= 11 is 1.40. The highest BCUT2D eigenvalue weighted by Crippen LogP contribution is 2.29. The van der Waals surface area contributed by atoms with Crippen molar-refractivity contribution in [3.63, 3.8) is 0 Å². The molecule has 7 heteroatoms. The Morgan fingerprint density at radius 3 is 2.71 bits per heavy atom. The molecule has 0 saturated carbocycles. The third-order valence-electron chi connectivity index (χ3n) is 3.65. The minimum atomic E-state index is -0.254. The van der Waals surface area contributed by atoms with E-state index in [9.17, 15) is 4.79 Å². The Balaban J connectivity index is 0.00000169. The lowest BCUT2D eigenvalue weighted by atomic mass is 10.2. The van der Waals surface area contributed by atoms with Gasteiger partial charge in [-0.25, -0.2) is 4.98 Å². The van der Waals surface area contributed by atoms with Crippen LogP contribution in [0.3, 0.4) is 0 Å². The summed E-state index contributed by atoms with van der Waals surface area (Å²) in [5.74, 6) is 0. The van der Waals surface area contributed by atoms with E-state index in [1.807, 2.05) is 42.3 Å². The number of halogens is 1. The fraction of sp³-hybridized carbons (Fsp3) is 0.0588. The van der Waals surface area contributed by atoms with E-state index >= 15 is 0 Å². The fourth-order valence-electron chi connectivity index (χ4n) is 2.42. The first-order valence-corrected chi connectivity index (χ1v) is 7.88. The lowest BCUT2D eigenvalue weighted by Gasteiger charge is -2.17. The molecule has 3 heterocycles. The fourth-order valence-corrected chi connectivity index (χ4v) is 3.34. The first-order chi connectivity index (χ1) is 11.2. The topological polar surface area (TPSA) is 59.0 Å². The number of hydrogen-bond acceptors (Lipinski definition) is 6. The zero-order chi connectivity index (χ0) is 15.8. The molecule has 0 aliphatic rings. The van der Waals surface area contributed by atoms with Gasteiger partial charge in [-0.1, -0.05) is 17.4 Å². The summed E-state index contributed by atoms with van der Waals surface area (Å²) in [7, 11) is 1.89. The van der Waals surface area contributed by atoms with Gasteiger partial charge in [-0.15, -0.1) is 12.4 Å². The standard InChI is InChI=1S/C17H12N4OS.ClH/c1-21(12-6-7-14-11(10-12)4-2-8-18-14)17-20-15(22)13-5-3-9-19-16(13)23-17;/h2-10H,1H3;1H. The van der Waals surface area contributed by atoms with Crippen molar-refractivity contribution < 1.29 is 0 Å². The second-order valence-corrected chi connectivity index (χ2v) is 6.05. The summed E-state index contributed by atoms with van der Waals surface area (Å²) in [6, 6.07) is 13.4. The lowest BCUT2D eigenvalue weighted by Crippen LogP contribution is -2.15. The molecule has 1 aromatic carbocycles. The van der Waals surface area contributed by atoms with Crippen LogP contribution in [0.2, 0.25) is 0 Å². The monoisotopic (exact) mass is 356 g/mol. The van der Waals surface area contributed by atoms with Crippen LogP contribution >= 0.6 is 23.7 Å². The average molecular weight is 357 g/mol. The van der Waals surface area contributed by atoms with Crippen LogP contribution in [0.5, 0.6) is 0 Å². The Kier molecular flexibility index (Phi) is 4.42. The highest BCUT2D eigenvalue weighted by molar-refractivity contribution is 7.21. The molecule has 0 amide bonds. The van der Waals surface area contributed by atoms with Crippen molar-refractivity contribution in [2.24, 2.45) is 0 Å². The van der Waals surface area contributed by atoms with Crippen molar-refractivity contribution >= 4 is 55.7 Å². The van der Waals surface area contributed by atoms with Crippen LogP contribution < -0.4 is 10.5 Å². The minimum Gasteiger partial charge on any atom is -0.321 e. The van der Waals surface area contributed by atoms with Gasteiger partial charge in [0.05, 0.1) is 10.9 Å². The molecule has 0 aliphatic carbocycles. The van der Waals surface area contributed by atoms with Crippen molar-refractivity contribution in [3.05, 3.63) is 65.2 Å². The normalized spacial score (nSPS) is 10.5. The van der Waals surface area contributed by atoms with Crippen LogP contribution in [-0.2, 0) is 0 Å². The minimum absolute atomic E-state index is 0. The van der Waals surface area contributed by atoms with Gasteiger partial charge >= 0.3 is 0 Å². The number of nitrogens with zero attached hydrogens (tertiary/aromatic N) is 4. The molecule has 0 atom stereocenters. The van der Waals surface area contributed by atoms with Gasteiger partial charge < -0.3 is 4.90 Å². The number of hydrogen-bond donors (Lipinski definition) is 0. The smallest absolute Gasteiger partial charge is 0.282 e. The van der Waals surface area contributed by atoms with Crippen LogP contribution in [-0.4, -0.2) is 22.0 Å². The number of anilines is 2. The van der Waals surface area contributed by atoms with Gasteiger partial charge in [-0.3, -0.25) is 9.78 Å². The van der Waals surface area contributed by atoms with E-state index in [0.717, 1.165) is 16.6 Å². The molecule has 4 aromatic rings. The number of rotatable bonds is 2. The van der Waals surface area contributed by atoms with E-state index in [4.69, 9.17) is 0 Å². The molecule has 0 saturated heterocycles. The molecule has 0 spiro atoms. The first-order valence-electron chi connectivity index (χ1n) is 7.07. The highest BCUT2D eigenvalue weighted by atomic mass is 35.5. The Labute approximate surface area is 148 Å². The van der Waals surface area contributed by atoms with Crippen LogP contribution in [0.4, 0.5) is 10.8 Å². The van der Waals surface area contributed by atoms with E-state index in [0.29, 0.717) is 15.3 Å². The molecule has 3 aromatic heterocycles. The van der Waals surface area contributed by atoms with Gasteiger partial charge in [0.25, 0.3) is 5.56 Å². The van der Waals surface area contributed by atoms with Gasteiger partial charge in [0.1, 0.15) is 4.83 Å². The van der Waals surface area contributed by atoms with E-state index in [-0.39, 0.29) is 18.0 Å². The van der Waals surface area contributed by atoms with Crippen LogP contribution in [0, 0.1) is 0 Å². The summed E-state index contributed by atoms with van der Waals surface area (Å²) in [4.78, 5) is 27.5. The molecule has 5 nitrogen and oxygen atoms in total. The second kappa shape index (κ2) is 6.51. The highest BCUT2D eigenvalue weighted by Gasteiger charge is 2.11. The Morgan fingerprint density at radius 1 is 1.04 bits per heavy atom.